The minimum Gasteiger partial charge on any atom is -0.396 e. The SMILES string of the molecule is OCCc1cc2scnc2[nH]1. The molecule has 2 rings (SSSR count). The van der Waals surface area contributed by atoms with E-state index in [9.17, 15) is 0 Å². The maximum absolute atomic E-state index is 8.65. The molecule has 0 aliphatic heterocycles. The Morgan fingerprint density at radius 3 is 3.27 bits per heavy atom. The zero-order chi connectivity index (χ0) is 7.68. The van der Waals surface area contributed by atoms with Crippen LogP contribution in [0.2, 0.25) is 0 Å². The largest absolute Gasteiger partial charge is 0.396 e. The molecule has 0 saturated carbocycles. The van der Waals surface area contributed by atoms with E-state index in [2.05, 4.69) is 9.97 Å². The van der Waals surface area contributed by atoms with Crippen molar-refractivity contribution in [3.05, 3.63) is 17.3 Å². The second-order valence-electron chi connectivity index (χ2n) is 2.33. The van der Waals surface area contributed by atoms with Crippen LogP contribution in [0.25, 0.3) is 10.3 Å². The normalized spacial score (nSPS) is 11.0. The van der Waals surface area contributed by atoms with Crippen LogP contribution in [0.4, 0.5) is 0 Å². The average Bonchev–Trinajstić information content (AvgIpc) is 2.46. The summed E-state index contributed by atoms with van der Waals surface area (Å²) in [5.41, 5.74) is 3.80. The van der Waals surface area contributed by atoms with Gasteiger partial charge in [-0.3, -0.25) is 0 Å². The maximum Gasteiger partial charge on any atom is 0.148 e. The van der Waals surface area contributed by atoms with E-state index in [0.29, 0.717) is 6.42 Å². The van der Waals surface area contributed by atoms with E-state index >= 15 is 0 Å². The number of hydrogen-bond acceptors (Lipinski definition) is 3. The van der Waals surface area contributed by atoms with Gasteiger partial charge in [0.05, 0.1) is 10.2 Å². The van der Waals surface area contributed by atoms with Crippen molar-refractivity contribution >= 4 is 21.7 Å². The first-order chi connectivity index (χ1) is 5.40. The fraction of sp³-hybridized carbons (Fsp3) is 0.286. The summed E-state index contributed by atoms with van der Waals surface area (Å²) in [7, 11) is 0. The monoisotopic (exact) mass is 168 g/mol. The summed E-state index contributed by atoms with van der Waals surface area (Å²) in [6, 6.07) is 2.03. The Hall–Kier alpha value is -0.870. The van der Waals surface area contributed by atoms with E-state index in [1.807, 2.05) is 11.6 Å². The molecule has 0 aliphatic rings. The number of aromatic amines is 1. The van der Waals surface area contributed by atoms with Crippen LogP contribution in [0, 0.1) is 0 Å². The molecule has 0 aromatic carbocycles. The van der Waals surface area contributed by atoms with Gasteiger partial charge in [-0.2, -0.15) is 0 Å². The molecule has 0 atom stereocenters. The molecule has 0 amide bonds. The Labute approximate surface area is 67.7 Å². The fourth-order valence-corrected chi connectivity index (χ4v) is 1.75. The van der Waals surface area contributed by atoms with Crippen LogP contribution in [-0.2, 0) is 6.42 Å². The third-order valence-electron chi connectivity index (χ3n) is 1.56. The van der Waals surface area contributed by atoms with Gasteiger partial charge in [-0.05, 0) is 6.07 Å². The number of fused-ring (bicyclic) bond motifs is 1. The van der Waals surface area contributed by atoms with Crippen LogP contribution >= 0.6 is 11.3 Å². The Morgan fingerprint density at radius 2 is 2.55 bits per heavy atom. The summed E-state index contributed by atoms with van der Waals surface area (Å²) >= 11 is 1.61. The van der Waals surface area contributed by atoms with Gasteiger partial charge < -0.3 is 10.1 Å². The first-order valence-corrected chi connectivity index (χ1v) is 4.30. The van der Waals surface area contributed by atoms with Crippen LogP contribution in [0.1, 0.15) is 5.69 Å². The highest BCUT2D eigenvalue weighted by molar-refractivity contribution is 7.16. The summed E-state index contributed by atoms with van der Waals surface area (Å²) in [5, 5.41) is 8.65. The van der Waals surface area contributed by atoms with Gasteiger partial charge in [-0.1, -0.05) is 0 Å². The predicted octanol–water partition coefficient (Wildman–Crippen LogP) is 1.16. The number of H-pyrrole nitrogens is 1. The number of hydrogen-bond donors (Lipinski definition) is 2. The lowest BCUT2D eigenvalue weighted by atomic mass is 10.3. The molecule has 11 heavy (non-hydrogen) atoms. The van der Waals surface area contributed by atoms with Crippen molar-refractivity contribution in [2.75, 3.05) is 6.61 Å². The summed E-state index contributed by atoms with van der Waals surface area (Å²) in [5.74, 6) is 0. The molecule has 2 aromatic heterocycles. The minimum absolute atomic E-state index is 0.188. The molecule has 2 aromatic rings. The molecule has 3 nitrogen and oxygen atoms in total. The Bertz CT molecular complexity index is 323. The van der Waals surface area contributed by atoms with Crippen LogP contribution in [0.5, 0.6) is 0 Å². The number of thiazole rings is 1. The molecular weight excluding hydrogens is 160 g/mol. The van der Waals surface area contributed by atoms with Gasteiger partial charge in [0, 0.05) is 18.7 Å². The smallest absolute Gasteiger partial charge is 0.148 e. The van der Waals surface area contributed by atoms with Crippen molar-refractivity contribution in [3.63, 3.8) is 0 Å². The van der Waals surface area contributed by atoms with Crippen LogP contribution in [0.15, 0.2) is 11.6 Å². The van der Waals surface area contributed by atoms with E-state index < -0.39 is 0 Å². The van der Waals surface area contributed by atoms with Gasteiger partial charge in [0.25, 0.3) is 0 Å². The molecule has 0 unspecified atom stereocenters. The van der Waals surface area contributed by atoms with Crippen LogP contribution in [0.3, 0.4) is 0 Å². The third kappa shape index (κ3) is 1.15. The zero-order valence-corrected chi connectivity index (χ0v) is 6.69. The first kappa shape index (κ1) is 6.82. The number of nitrogens with zero attached hydrogens (tertiary/aromatic N) is 1. The Balaban J connectivity index is 2.42. The molecule has 0 spiro atoms. The molecular formula is C7H8N2OS. The van der Waals surface area contributed by atoms with Crippen molar-refractivity contribution in [1.29, 1.82) is 0 Å². The number of nitrogens with one attached hydrogen (secondary N) is 1. The molecule has 0 fully saturated rings. The summed E-state index contributed by atoms with van der Waals surface area (Å²) < 4.78 is 1.16. The fourth-order valence-electron chi connectivity index (χ4n) is 1.05. The minimum atomic E-state index is 0.188. The summed E-state index contributed by atoms with van der Waals surface area (Å²) in [6.45, 7) is 0.188. The molecule has 2 heterocycles. The topological polar surface area (TPSA) is 48.9 Å². The molecule has 2 N–H and O–H groups in total. The molecule has 0 aliphatic carbocycles. The van der Waals surface area contributed by atoms with Crippen molar-refractivity contribution in [2.45, 2.75) is 6.42 Å². The quantitative estimate of drug-likeness (QED) is 0.707. The highest BCUT2D eigenvalue weighted by Gasteiger charge is 2.00. The number of aromatic nitrogens is 2. The van der Waals surface area contributed by atoms with Crippen molar-refractivity contribution < 1.29 is 5.11 Å². The molecule has 58 valence electrons. The lowest BCUT2D eigenvalue weighted by Crippen LogP contribution is -1.89. The lowest BCUT2D eigenvalue weighted by molar-refractivity contribution is 0.298. The van der Waals surface area contributed by atoms with Gasteiger partial charge in [0.1, 0.15) is 5.65 Å². The number of rotatable bonds is 2. The molecule has 0 bridgehead atoms. The highest BCUT2D eigenvalue weighted by Crippen LogP contribution is 2.18. The predicted molar refractivity (Wildman–Crippen MR) is 44.8 cm³/mol. The van der Waals surface area contributed by atoms with Crippen molar-refractivity contribution in [2.24, 2.45) is 0 Å². The van der Waals surface area contributed by atoms with Crippen molar-refractivity contribution in [1.82, 2.24) is 9.97 Å². The summed E-state index contributed by atoms with van der Waals surface area (Å²) in [6.07, 6.45) is 0.684. The third-order valence-corrected chi connectivity index (χ3v) is 2.34. The van der Waals surface area contributed by atoms with E-state index in [4.69, 9.17) is 5.11 Å². The summed E-state index contributed by atoms with van der Waals surface area (Å²) in [4.78, 5) is 7.22. The maximum atomic E-state index is 8.65. The Morgan fingerprint density at radius 1 is 1.64 bits per heavy atom. The van der Waals surface area contributed by atoms with Crippen LogP contribution < -0.4 is 0 Å². The van der Waals surface area contributed by atoms with Crippen LogP contribution in [-0.4, -0.2) is 21.7 Å². The first-order valence-electron chi connectivity index (χ1n) is 3.42. The lowest BCUT2D eigenvalue weighted by Gasteiger charge is -1.88. The zero-order valence-electron chi connectivity index (χ0n) is 5.87. The standard InChI is InChI=1S/C7H8N2OS/c10-2-1-5-3-6-7(9-5)8-4-11-6/h3-4,9-10H,1-2H2. The van der Waals surface area contributed by atoms with Gasteiger partial charge in [0.15, 0.2) is 0 Å². The molecule has 4 heteroatoms. The van der Waals surface area contributed by atoms with E-state index in [-0.39, 0.29) is 6.61 Å². The Kier molecular flexibility index (Phi) is 1.63. The van der Waals surface area contributed by atoms with Gasteiger partial charge >= 0.3 is 0 Å². The van der Waals surface area contributed by atoms with E-state index in [1.54, 1.807) is 11.3 Å². The highest BCUT2D eigenvalue weighted by atomic mass is 32.1. The van der Waals surface area contributed by atoms with E-state index in [1.165, 1.54) is 0 Å². The molecule has 0 saturated heterocycles. The number of aliphatic hydroxyl groups excluding tert-OH is 1. The van der Waals surface area contributed by atoms with Crippen molar-refractivity contribution in [3.8, 4) is 0 Å². The molecule has 0 radical (unpaired) electrons. The van der Waals surface area contributed by atoms with Gasteiger partial charge in [0.2, 0.25) is 0 Å². The average molecular weight is 168 g/mol. The van der Waals surface area contributed by atoms with Gasteiger partial charge in [-0.25, -0.2) is 4.98 Å². The second kappa shape index (κ2) is 2.64. The van der Waals surface area contributed by atoms with E-state index in [0.717, 1.165) is 16.0 Å². The second-order valence-corrected chi connectivity index (χ2v) is 3.22. The van der Waals surface area contributed by atoms with Gasteiger partial charge in [-0.15, -0.1) is 11.3 Å². The number of aliphatic hydroxyl groups is 1.